The molecule has 0 fully saturated rings. The molecule has 2 atom stereocenters. The monoisotopic (exact) mass is 277 g/mol. The molecule has 0 radical (unpaired) electrons. The summed E-state index contributed by atoms with van der Waals surface area (Å²) in [4.78, 5) is 11.7. The van der Waals surface area contributed by atoms with E-state index >= 15 is 0 Å². The first kappa shape index (κ1) is 17.7. The second-order valence-corrected chi connectivity index (χ2v) is 6.22. The molecule has 18 heavy (non-hydrogen) atoms. The van der Waals surface area contributed by atoms with Gasteiger partial charge in [-0.05, 0) is 32.1 Å². The van der Waals surface area contributed by atoms with Gasteiger partial charge in [0, 0.05) is 5.25 Å². The van der Waals surface area contributed by atoms with Crippen LogP contribution in [0, 0.1) is 0 Å². The number of thioether (sulfide) groups is 1. The first-order valence-electron chi connectivity index (χ1n) is 6.56. The van der Waals surface area contributed by atoms with Gasteiger partial charge in [-0.3, -0.25) is 4.79 Å². The molecular formula is C13H27NO3S. The van der Waals surface area contributed by atoms with Crippen molar-refractivity contribution in [3.8, 4) is 0 Å². The van der Waals surface area contributed by atoms with Crippen LogP contribution >= 0.6 is 11.8 Å². The van der Waals surface area contributed by atoms with E-state index in [1.54, 1.807) is 11.8 Å². The van der Waals surface area contributed by atoms with Gasteiger partial charge in [-0.25, -0.2) is 0 Å². The summed E-state index contributed by atoms with van der Waals surface area (Å²) in [5.74, 6) is 0.825. The number of methoxy groups -OCH3 is 1. The number of aliphatic hydroxyl groups excluding tert-OH is 1. The van der Waals surface area contributed by atoms with Crippen molar-refractivity contribution in [3.05, 3.63) is 0 Å². The molecule has 0 aliphatic rings. The number of likely N-dealkylation sites (N-methyl/N-ethyl adjacent to an activating group) is 1. The van der Waals surface area contributed by atoms with Gasteiger partial charge in [0.25, 0.3) is 0 Å². The van der Waals surface area contributed by atoms with Gasteiger partial charge < -0.3 is 15.2 Å². The second-order valence-electron chi connectivity index (χ2n) is 4.68. The van der Waals surface area contributed by atoms with E-state index in [4.69, 9.17) is 9.84 Å². The molecule has 2 unspecified atom stereocenters. The first-order chi connectivity index (χ1) is 8.50. The van der Waals surface area contributed by atoms with E-state index in [9.17, 15) is 4.79 Å². The number of hydrogen-bond acceptors (Lipinski definition) is 5. The zero-order valence-corrected chi connectivity index (χ0v) is 12.8. The van der Waals surface area contributed by atoms with Crippen LogP contribution in [0.15, 0.2) is 0 Å². The fraction of sp³-hybridized carbons (Fsp3) is 0.923. The van der Waals surface area contributed by atoms with Crippen LogP contribution in [0.1, 0.15) is 40.0 Å². The Balaban J connectivity index is 3.94. The van der Waals surface area contributed by atoms with E-state index in [2.05, 4.69) is 5.32 Å². The SMILES string of the molecule is CCNC(C)(CCCCSC(C)CO)C(=O)OC. The minimum atomic E-state index is -0.573. The van der Waals surface area contributed by atoms with Crippen LogP contribution in [0.3, 0.4) is 0 Å². The van der Waals surface area contributed by atoms with E-state index in [0.717, 1.165) is 31.6 Å². The maximum absolute atomic E-state index is 11.7. The zero-order valence-electron chi connectivity index (χ0n) is 12.0. The molecule has 4 nitrogen and oxygen atoms in total. The Labute approximate surface area is 115 Å². The second kappa shape index (κ2) is 9.64. The Morgan fingerprint density at radius 3 is 2.67 bits per heavy atom. The molecule has 0 spiro atoms. The average Bonchev–Trinajstić information content (AvgIpc) is 2.37. The van der Waals surface area contributed by atoms with Crippen molar-refractivity contribution in [2.45, 2.75) is 50.8 Å². The van der Waals surface area contributed by atoms with E-state index in [1.165, 1.54) is 7.11 Å². The summed E-state index contributed by atoms with van der Waals surface area (Å²) in [5.41, 5.74) is -0.573. The number of nitrogens with one attached hydrogen (secondary N) is 1. The number of carbonyl (C=O) groups excluding carboxylic acids is 1. The minimum Gasteiger partial charge on any atom is -0.468 e. The highest BCUT2D eigenvalue weighted by atomic mass is 32.2. The standard InChI is InChI=1S/C13H27NO3S/c1-5-14-13(3,12(16)17-4)8-6-7-9-18-11(2)10-15/h11,14-15H,5-10H2,1-4H3. The molecule has 0 aliphatic heterocycles. The normalized spacial score (nSPS) is 16.1. The quantitative estimate of drug-likeness (QED) is 0.471. The highest BCUT2D eigenvalue weighted by molar-refractivity contribution is 7.99. The molecular weight excluding hydrogens is 250 g/mol. The van der Waals surface area contributed by atoms with E-state index < -0.39 is 5.54 Å². The third-order valence-corrected chi connectivity index (χ3v) is 4.18. The van der Waals surface area contributed by atoms with Gasteiger partial charge in [-0.15, -0.1) is 0 Å². The lowest BCUT2D eigenvalue weighted by atomic mass is 9.95. The Bertz CT molecular complexity index is 238. The topological polar surface area (TPSA) is 58.6 Å². The van der Waals surface area contributed by atoms with Crippen LogP contribution in [-0.4, -0.2) is 47.9 Å². The molecule has 2 N–H and O–H groups in total. The molecule has 0 rings (SSSR count). The van der Waals surface area contributed by atoms with Crippen molar-refractivity contribution in [3.63, 3.8) is 0 Å². The van der Waals surface area contributed by atoms with Crippen molar-refractivity contribution in [2.24, 2.45) is 0 Å². The lowest BCUT2D eigenvalue weighted by Crippen LogP contribution is -2.50. The van der Waals surface area contributed by atoms with E-state index in [1.807, 2.05) is 20.8 Å². The summed E-state index contributed by atoms with van der Waals surface area (Å²) in [6.45, 7) is 6.87. The number of hydrogen-bond donors (Lipinski definition) is 2. The highest BCUT2D eigenvalue weighted by Gasteiger charge is 2.32. The molecule has 0 aliphatic carbocycles. The summed E-state index contributed by atoms with van der Waals surface area (Å²) < 4.78 is 4.84. The number of esters is 1. The Morgan fingerprint density at radius 2 is 2.17 bits per heavy atom. The van der Waals surface area contributed by atoms with Gasteiger partial charge in [-0.1, -0.05) is 20.3 Å². The third-order valence-electron chi connectivity index (χ3n) is 2.93. The van der Waals surface area contributed by atoms with Crippen LogP contribution in [0.4, 0.5) is 0 Å². The molecule has 0 aromatic rings. The molecule has 0 aromatic carbocycles. The van der Waals surface area contributed by atoms with Gasteiger partial charge in [-0.2, -0.15) is 11.8 Å². The van der Waals surface area contributed by atoms with Gasteiger partial charge in [0.1, 0.15) is 5.54 Å². The number of carbonyl (C=O) groups is 1. The predicted molar refractivity (Wildman–Crippen MR) is 77.0 cm³/mol. The van der Waals surface area contributed by atoms with Crippen molar-refractivity contribution < 1.29 is 14.6 Å². The number of unbranched alkanes of at least 4 members (excludes halogenated alkanes) is 1. The van der Waals surface area contributed by atoms with Crippen LogP contribution < -0.4 is 5.32 Å². The van der Waals surface area contributed by atoms with Crippen molar-refractivity contribution in [2.75, 3.05) is 26.0 Å². The van der Waals surface area contributed by atoms with E-state index in [-0.39, 0.29) is 12.6 Å². The average molecular weight is 277 g/mol. The summed E-state index contributed by atoms with van der Waals surface area (Å²) >= 11 is 1.77. The Hall–Kier alpha value is -0.260. The summed E-state index contributed by atoms with van der Waals surface area (Å²) in [6, 6.07) is 0. The molecule has 0 saturated heterocycles. The molecule has 108 valence electrons. The summed E-state index contributed by atoms with van der Waals surface area (Å²) in [6.07, 6.45) is 2.80. The summed E-state index contributed by atoms with van der Waals surface area (Å²) in [7, 11) is 1.43. The molecule has 5 heteroatoms. The van der Waals surface area contributed by atoms with Crippen LogP contribution in [0.25, 0.3) is 0 Å². The first-order valence-corrected chi connectivity index (χ1v) is 7.61. The summed E-state index contributed by atoms with van der Waals surface area (Å²) in [5, 5.41) is 12.4. The number of rotatable bonds is 10. The van der Waals surface area contributed by atoms with Gasteiger partial charge in [0.05, 0.1) is 13.7 Å². The molecule has 0 heterocycles. The zero-order chi connectivity index (χ0) is 14.0. The largest absolute Gasteiger partial charge is 0.468 e. The number of ether oxygens (including phenoxy) is 1. The lowest BCUT2D eigenvalue weighted by Gasteiger charge is -2.27. The fourth-order valence-electron chi connectivity index (χ4n) is 1.80. The van der Waals surface area contributed by atoms with Crippen LogP contribution in [0.2, 0.25) is 0 Å². The van der Waals surface area contributed by atoms with Crippen molar-refractivity contribution in [1.29, 1.82) is 0 Å². The molecule has 0 saturated carbocycles. The van der Waals surface area contributed by atoms with Crippen molar-refractivity contribution >= 4 is 17.7 Å². The van der Waals surface area contributed by atoms with Gasteiger partial charge in [0.15, 0.2) is 0 Å². The lowest BCUT2D eigenvalue weighted by molar-refractivity contribution is -0.148. The molecule has 0 aromatic heterocycles. The number of aliphatic hydroxyl groups is 1. The van der Waals surface area contributed by atoms with Crippen LogP contribution in [-0.2, 0) is 9.53 Å². The third kappa shape index (κ3) is 6.61. The Morgan fingerprint density at radius 1 is 1.50 bits per heavy atom. The molecule has 0 amide bonds. The molecule has 0 bridgehead atoms. The maximum Gasteiger partial charge on any atom is 0.325 e. The van der Waals surface area contributed by atoms with Gasteiger partial charge in [0.2, 0.25) is 0 Å². The van der Waals surface area contributed by atoms with Crippen LogP contribution in [0.5, 0.6) is 0 Å². The predicted octanol–water partition coefficient (Wildman–Crippen LogP) is 1.81. The minimum absolute atomic E-state index is 0.194. The highest BCUT2D eigenvalue weighted by Crippen LogP contribution is 2.18. The fourth-order valence-corrected chi connectivity index (χ4v) is 2.67. The van der Waals surface area contributed by atoms with E-state index in [0.29, 0.717) is 5.25 Å². The Kier molecular flexibility index (Phi) is 9.50. The van der Waals surface area contributed by atoms with Crippen molar-refractivity contribution in [1.82, 2.24) is 5.32 Å². The maximum atomic E-state index is 11.7. The van der Waals surface area contributed by atoms with Gasteiger partial charge >= 0.3 is 5.97 Å². The smallest absolute Gasteiger partial charge is 0.325 e.